The summed E-state index contributed by atoms with van der Waals surface area (Å²) in [6.45, 7) is 2.63. The lowest BCUT2D eigenvalue weighted by Gasteiger charge is -2.26. The van der Waals surface area contributed by atoms with Crippen LogP contribution in [-0.2, 0) is 11.3 Å². The fraction of sp³-hybridized carbons (Fsp3) is 0.353. The van der Waals surface area contributed by atoms with Crippen molar-refractivity contribution in [3.05, 3.63) is 58.3 Å². The normalized spacial score (nSPS) is 16.8. The molecule has 21 heavy (non-hydrogen) atoms. The highest BCUT2D eigenvalue weighted by Gasteiger charge is 2.29. The summed E-state index contributed by atoms with van der Waals surface area (Å²) in [6, 6.07) is 14.0. The predicted molar refractivity (Wildman–Crippen MR) is 86.2 cm³/mol. The van der Waals surface area contributed by atoms with Crippen LogP contribution in [0.5, 0.6) is 0 Å². The van der Waals surface area contributed by atoms with Gasteiger partial charge >= 0.3 is 0 Å². The molecule has 4 heteroatoms. The minimum atomic E-state index is -0.159. The molecule has 0 spiro atoms. The Morgan fingerprint density at radius 3 is 2.57 bits per heavy atom. The van der Waals surface area contributed by atoms with Gasteiger partial charge in [0.2, 0.25) is 5.91 Å². The Hall–Kier alpha value is -1.65. The lowest BCUT2D eigenvalue weighted by molar-refractivity contribution is -0.126. The van der Waals surface area contributed by atoms with Crippen molar-refractivity contribution in [2.24, 2.45) is 0 Å². The number of carbonyl (C=O) groups excluding carboxylic acids is 1. The van der Waals surface area contributed by atoms with Crippen molar-refractivity contribution in [3.63, 3.8) is 0 Å². The van der Waals surface area contributed by atoms with Gasteiger partial charge in [0.05, 0.1) is 6.54 Å². The molecular formula is C17H20N2OS. The molecule has 0 unspecified atom stereocenters. The molecule has 1 saturated heterocycles. The highest BCUT2D eigenvalue weighted by atomic mass is 32.1. The Morgan fingerprint density at radius 1 is 1.14 bits per heavy atom. The van der Waals surface area contributed by atoms with E-state index in [1.807, 2.05) is 41.8 Å². The largest absolute Gasteiger partial charge is 0.350 e. The van der Waals surface area contributed by atoms with Gasteiger partial charge in [0, 0.05) is 4.88 Å². The Bertz CT molecular complexity index is 562. The van der Waals surface area contributed by atoms with Crippen molar-refractivity contribution in [2.75, 3.05) is 13.1 Å². The van der Waals surface area contributed by atoms with Gasteiger partial charge in [-0.3, -0.25) is 9.69 Å². The van der Waals surface area contributed by atoms with E-state index in [0.29, 0.717) is 6.54 Å². The second kappa shape index (κ2) is 6.87. The SMILES string of the molecule is O=C(NCc1cccs1)[C@@H](c1ccccc1)N1CCCC1. The first-order chi connectivity index (χ1) is 10.3. The average Bonchev–Trinajstić information content (AvgIpc) is 3.20. The lowest BCUT2D eigenvalue weighted by atomic mass is 10.0. The molecule has 1 aliphatic heterocycles. The molecular weight excluding hydrogens is 280 g/mol. The number of rotatable bonds is 5. The van der Waals surface area contributed by atoms with Crippen LogP contribution in [0, 0.1) is 0 Å². The van der Waals surface area contributed by atoms with Gasteiger partial charge in [-0.1, -0.05) is 36.4 Å². The molecule has 1 aliphatic rings. The number of nitrogens with one attached hydrogen (secondary N) is 1. The molecule has 3 rings (SSSR count). The number of carbonyl (C=O) groups is 1. The topological polar surface area (TPSA) is 32.3 Å². The van der Waals surface area contributed by atoms with Crippen molar-refractivity contribution < 1.29 is 4.79 Å². The van der Waals surface area contributed by atoms with Gasteiger partial charge in [0.25, 0.3) is 0 Å². The van der Waals surface area contributed by atoms with Crippen LogP contribution < -0.4 is 5.32 Å². The summed E-state index contributed by atoms with van der Waals surface area (Å²) < 4.78 is 0. The Morgan fingerprint density at radius 2 is 1.90 bits per heavy atom. The van der Waals surface area contributed by atoms with Crippen molar-refractivity contribution in [1.82, 2.24) is 10.2 Å². The first-order valence-corrected chi connectivity index (χ1v) is 8.31. The molecule has 2 aromatic rings. The third-order valence-electron chi connectivity index (χ3n) is 3.89. The van der Waals surface area contributed by atoms with Crippen LogP contribution in [0.25, 0.3) is 0 Å². The zero-order valence-electron chi connectivity index (χ0n) is 12.0. The first-order valence-electron chi connectivity index (χ1n) is 7.44. The second-order valence-corrected chi connectivity index (χ2v) is 6.39. The Labute approximate surface area is 129 Å². The highest BCUT2D eigenvalue weighted by Crippen LogP contribution is 2.25. The molecule has 0 radical (unpaired) electrons. The maximum Gasteiger partial charge on any atom is 0.242 e. The van der Waals surface area contributed by atoms with Crippen molar-refractivity contribution in [3.8, 4) is 0 Å². The average molecular weight is 300 g/mol. The molecule has 0 aliphatic carbocycles. The van der Waals surface area contributed by atoms with Gasteiger partial charge in [0.15, 0.2) is 0 Å². The molecule has 1 amide bonds. The summed E-state index contributed by atoms with van der Waals surface area (Å²) in [4.78, 5) is 16.2. The van der Waals surface area contributed by atoms with Gasteiger partial charge in [-0.05, 0) is 42.9 Å². The molecule has 1 aromatic heterocycles. The van der Waals surface area contributed by atoms with E-state index in [-0.39, 0.29) is 11.9 Å². The van der Waals surface area contributed by atoms with Crippen molar-refractivity contribution in [2.45, 2.75) is 25.4 Å². The van der Waals surface area contributed by atoms with Crippen LogP contribution in [0.1, 0.15) is 29.3 Å². The molecule has 1 aromatic carbocycles. The van der Waals surface area contributed by atoms with E-state index in [4.69, 9.17) is 0 Å². The van der Waals surface area contributed by atoms with Crippen LogP contribution in [0.4, 0.5) is 0 Å². The van der Waals surface area contributed by atoms with E-state index in [1.165, 1.54) is 17.7 Å². The van der Waals surface area contributed by atoms with Crippen LogP contribution in [0.15, 0.2) is 47.8 Å². The second-order valence-electron chi connectivity index (χ2n) is 5.35. The fourth-order valence-electron chi connectivity index (χ4n) is 2.85. The summed E-state index contributed by atoms with van der Waals surface area (Å²) in [6.07, 6.45) is 2.36. The van der Waals surface area contributed by atoms with Gasteiger partial charge < -0.3 is 5.32 Å². The standard InChI is InChI=1S/C17H20N2OS/c20-17(18-13-15-9-6-12-21-15)16(19-10-4-5-11-19)14-7-2-1-3-8-14/h1-3,6-9,12,16H,4-5,10-11,13H2,(H,18,20)/t16-/m1/s1. The van der Waals surface area contributed by atoms with E-state index < -0.39 is 0 Å². The molecule has 0 bridgehead atoms. The molecule has 1 atom stereocenters. The summed E-state index contributed by atoms with van der Waals surface area (Å²) in [5.41, 5.74) is 1.09. The third-order valence-corrected chi connectivity index (χ3v) is 4.76. The van der Waals surface area contributed by atoms with Gasteiger partial charge in [-0.25, -0.2) is 0 Å². The fourth-order valence-corrected chi connectivity index (χ4v) is 3.49. The molecule has 1 N–H and O–H groups in total. The highest BCUT2D eigenvalue weighted by molar-refractivity contribution is 7.09. The number of thiophene rings is 1. The van der Waals surface area contributed by atoms with E-state index in [1.54, 1.807) is 11.3 Å². The molecule has 110 valence electrons. The zero-order chi connectivity index (χ0) is 14.5. The number of nitrogens with zero attached hydrogens (tertiary/aromatic N) is 1. The minimum Gasteiger partial charge on any atom is -0.350 e. The smallest absolute Gasteiger partial charge is 0.242 e. The van der Waals surface area contributed by atoms with Gasteiger partial charge in [-0.2, -0.15) is 0 Å². The van der Waals surface area contributed by atoms with E-state index >= 15 is 0 Å². The van der Waals surface area contributed by atoms with Crippen molar-refractivity contribution >= 4 is 17.2 Å². The predicted octanol–water partition coefficient (Wildman–Crippen LogP) is 3.20. The first kappa shape index (κ1) is 14.3. The maximum atomic E-state index is 12.7. The van der Waals surface area contributed by atoms with E-state index in [2.05, 4.69) is 16.3 Å². The van der Waals surface area contributed by atoms with E-state index in [0.717, 1.165) is 18.7 Å². The molecule has 2 heterocycles. The van der Waals surface area contributed by atoms with Crippen LogP contribution in [0.2, 0.25) is 0 Å². The molecule has 3 nitrogen and oxygen atoms in total. The minimum absolute atomic E-state index is 0.108. The maximum absolute atomic E-state index is 12.7. The number of likely N-dealkylation sites (tertiary alicyclic amines) is 1. The summed E-state index contributed by atoms with van der Waals surface area (Å²) in [7, 11) is 0. The third kappa shape index (κ3) is 3.52. The number of hydrogen-bond donors (Lipinski definition) is 1. The monoisotopic (exact) mass is 300 g/mol. The quantitative estimate of drug-likeness (QED) is 0.919. The molecule has 1 fully saturated rings. The molecule has 0 saturated carbocycles. The van der Waals surface area contributed by atoms with Crippen molar-refractivity contribution in [1.29, 1.82) is 0 Å². The van der Waals surface area contributed by atoms with Gasteiger partial charge in [-0.15, -0.1) is 11.3 Å². The number of hydrogen-bond acceptors (Lipinski definition) is 3. The van der Waals surface area contributed by atoms with Gasteiger partial charge in [0.1, 0.15) is 6.04 Å². The van der Waals surface area contributed by atoms with E-state index in [9.17, 15) is 4.79 Å². The van der Waals surface area contributed by atoms with Crippen LogP contribution in [-0.4, -0.2) is 23.9 Å². The Kier molecular flexibility index (Phi) is 4.68. The number of benzene rings is 1. The summed E-state index contributed by atoms with van der Waals surface area (Å²) in [5, 5.41) is 5.13. The summed E-state index contributed by atoms with van der Waals surface area (Å²) in [5.74, 6) is 0.108. The number of amides is 1. The van der Waals surface area contributed by atoms with Crippen LogP contribution in [0.3, 0.4) is 0 Å². The van der Waals surface area contributed by atoms with Crippen LogP contribution >= 0.6 is 11.3 Å². The Balaban J connectivity index is 1.73. The zero-order valence-corrected chi connectivity index (χ0v) is 12.8. The lowest BCUT2D eigenvalue weighted by Crippen LogP contribution is -2.39. The summed E-state index contributed by atoms with van der Waals surface area (Å²) >= 11 is 1.68.